The van der Waals surface area contributed by atoms with Crippen LogP contribution in [-0.4, -0.2) is 45.2 Å². The lowest BCUT2D eigenvalue weighted by molar-refractivity contribution is 0.314. The van der Waals surface area contributed by atoms with Gasteiger partial charge >= 0.3 is 0 Å². The lowest BCUT2D eigenvalue weighted by atomic mass is 10.2. The highest BCUT2D eigenvalue weighted by molar-refractivity contribution is 7.93. The Morgan fingerprint density at radius 1 is 1.15 bits per heavy atom. The molecule has 0 aliphatic carbocycles. The van der Waals surface area contributed by atoms with Gasteiger partial charge in [-0.05, 0) is 11.6 Å². The molecule has 7 heteroatoms. The molecule has 0 saturated carbocycles. The van der Waals surface area contributed by atoms with Crippen LogP contribution in [0.25, 0.3) is 6.08 Å². The van der Waals surface area contributed by atoms with E-state index in [1.54, 1.807) is 19.1 Å². The van der Waals surface area contributed by atoms with E-state index in [2.05, 4.69) is 0 Å². The second-order valence-corrected chi connectivity index (χ2v) is 9.04. The topological polar surface area (TPSA) is 71.5 Å². The Balaban J connectivity index is 2.02. The van der Waals surface area contributed by atoms with Crippen molar-refractivity contribution >= 4 is 25.9 Å². The minimum absolute atomic E-state index is 0.0470. The van der Waals surface area contributed by atoms with Crippen LogP contribution in [0.5, 0.6) is 0 Å². The van der Waals surface area contributed by atoms with Crippen LogP contribution in [0.2, 0.25) is 0 Å². The molecule has 5 nitrogen and oxygen atoms in total. The van der Waals surface area contributed by atoms with Crippen LogP contribution in [0.3, 0.4) is 0 Å². The predicted octanol–water partition coefficient (Wildman–Crippen LogP) is 1.11. The normalized spacial score (nSPS) is 18.2. The van der Waals surface area contributed by atoms with Crippen molar-refractivity contribution in [1.29, 1.82) is 0 Å². The fraction of sp³-hybridized carbons (Fsp3) is 0.385. The van der Waals surface area contributed by atoms with E-state index < -0.39 is 25.1 Å². The number of hydrogen-bond acceptors (Lipinski definition) is 4. The smallest absolute Gasteiger partial charge is 0.228 e. The third-order valence-corrected chi connectivity index (χ3v) is 6.93. The van der Waals surface area contributed by atoms with Gasteiger partial charge in [0, 0.05) is 24.3 Å². The van der Waals surface area contributed by atoms with Crippen LogP contribution < -0.4 is 0 Å². The van der Waals surface area contributed by atoms with E-state index in [1.807, 2.05) is 18.2 Å². The van der Waals surface area contributed by atoms with Crippen LogP contribution in [-0.2, 0) is 19.9 Å². The first-order valence-electron chi connectivity index (χ1n) is 6.30. The molecule has 0 spiro atoms. The van der Waals surface area contributed by atoms with Gasteiger partial charge in [0.2, 0.25) is 10.0 Å². The fourth-order valence-corrected chi connectivity index (χ4v) is 4.64. The van der Waals surface area contributed by atoms with E-state index in [-0.39, 0.29) is 18.8 Å². The summed E-state index contributed by atoms with van der Waals surface area (Å²) in [6.07, 6.45) is 1.51. The highest BCUT2D eigenvalue weighted by Gasteiger charge is 2.41. The van der Waals surface area contributed by atoms with Crippen LogP contribution in [0, 0.1) is 0 Å². The Kier molecular flexibility index (Phi) is 4.31. The Labute approximate surface area is 119 Å². The predicted molar refractivity (Wildman–Crippen MR) is 79.2 cm³/mol. The molecule has 0 N–H and O–H groups in total. The molecule has 1 heterocycles. The summed E-state index contributed by atoms with van der Waals surface area (Å²) in [4.78, 5) is 0. The van der Waals surface area contributed by atoms with Gasteiger partial charge in [-0.15, -0.1) is 0 Å². The molecule has 0 atom stereocenters. The Morgan fingerprint density at radius 2 is 1.75 bits per heavy atom. The molecule has 110 valence electrons. The molecule has 20 heavy (non-hydrogen) atoms. The maximum absolute atomic E-state index is 12.0. The average molecular weight is 315 g/mol. The summed E-state index contributed by atoms with van der Waals surface area (Å²) in [5, 5.41) is 0.560. The van der Waals surface area contributed by atoms with E-state index in [0.29, 0.717) is 0 Å². The summed E-state index contributed by atoms with van der Waals surface area (Å²) in [7, 11) is -6.69. The molecule has 1 fully saturated rings. The average Bonchev–Trinajstić information content (AvgIpc) is 2.35. The van der Waals surface area contributed by atoms with E-state index in [9.17, 15) is 16.8 Å². The van der Waals surface area contributed by atoms with Crippen molar-refractivity contribution in [1.82, 2.24) is 4.31 Å². The van der Waals surface area contributed by atoms with Crippen molar-refractivity contribution in [2.45, 2.75) is 12.2 Å². The van der Waals surface area contributed by atoms with Gasteiger partial charge in [-0.1, -0.05) is 37.3 Å². The highest BCUT2D eigenvalue weighted by atomic mass is 32.2. The Hall–Kier alpha value is -1.18. The molecule has 0 radical (unpaired) electrons. The summed E-state index contributed by atoms with van der Waals surface area (Å²) in [5.41, 5.74) is 0.786. The van der Waals surface area contributed by atoms with Crippen molar-refractivity contribution < 1.29 is 16.8 Å². The second kappa shape index (κ2) is 5.67. The maximum atomic E-state index is 12.0. The van der Waals surface area contributed by atoms with Gasteiger partial charge in [0.15, 0.2) is 9.84 Å². The third-order valence-electron chi connectivity index (χ3n) is 3.32. The van der Waals surface area contributed by atoms with Gasteiger partial charge in [0.05, 0.1) is 5.25 Å². The van der Waals surface area contributed by atoms with Crippen molar-refractivity contribution in [2.24, 2.45) is 0 Å². The van der Waals surface area contributed by atoms with Gasteiger partial charge in [-0.2, -0.15) is 4.31 Å². The van der Waals surface area contributed by atoms with Gasteiger partial charge in [0.1, 0.15) is 0 Å². The largest absolute Gasteiger partial charge is 0.236 e. The molecule has 2 rings (SSSR count). The van der Waals surface area contributed by atoms with Crippen molar-refractivity contribution in [3.8, 4) is 0 Å². The summed E-state index contributed by atoms with van der Waals surface area (Å²) >= 11 is 0. The molecule has 1 aromatic carbocycles. The van der Waals surface area contributed by atoms with Gasteiger partial charge < -0.3 is 0 Å². The Morgan fingerprint density at radius 3 is 2.30 bits per heavy atom. The molecule has 0 unspecified atom stereocenters. The molecule has 0 aromatic heterocycles. The molecular formula is C13H17NO4S2. The highest BCUT2D eigenvalue weighted by Crippen LogP contribution is 2.21. The SMILES string of the molecule is CCS(=O)(=O)C1CN(S(=O)(=O)/C=C/c2ccccc2)C1. The summed E-state index contributed by atoms with van der Waals surface area (Å²) in [6.45, 7) is 1.68. The van der Waals surface area contributed by atoms with Gasteiger partial charge in [-0.3, -0.25) is 0 Å². The minimum Gasteiger partial charge on any atom is -0.228 e. The van der Waals surface area contributed by atoms with Gasteiger partial charge in [-0.25, -0.2) is 16.8 Å². The fourth-order valence-electron chi connectivity index (χ4n) is 1.89. The molecule has 1 saturated heterocycles. The number of nitrogens with zero attached hydrogens (tertiary/aromatic N) is 1. The van der Waals surface area contributed by atoms with Crippen molar-refractivity contribution in [3.63, 3.8) is 0 Å². The summed E-state index contributed by atoms with van der Waals surface area (Å²) in [6, 6.07) is 9.08. The molecule has 1 aliphatic heterocycles. The van der Waals surface area contributed by atoms with Crippen LogP contribution in [0.4, 0.5) is 0 Å². The van der Waals surface area contributed by atoms with Crippen molar-refractivity contribution in [2.75, 3.05) is 18.8 Å². The van der Waals surface area contributed by atoms with Crippen LogP contribution in [0.15, 0.2) is 35.7 Å². The first-order valence-corrected chi connectivity index (χ1v) is 9.52. The first-order chi connectivity index (χ1) is 9.35. The van der Waals surface area contributed by atoms with Crippen LogP contribution in [0.1, 0.15) is 12.5 Å². The minimum atomic E-state index is -3.53. The Bertz CT molecular complexity index is 687. The summed E-state index contributed by atoms with van der Waals surface area (Å²) < 4.78 is 48.4. The molecule has 1 aromatic rings. The zero-order valence-electron chi connectivity index (χ0n) is 11.1. The maximum Gasteiger partial charge on any atom is 0.236 e. The van der Waals surface area contributed by atoms with Gasteiger partial charge in [0.25, 0.3) is 0 Å². The van der Waals surface area contributed by atoms with E-state index in [4.69, 9.17) is 0 Å². The monoisotopic (exact) mass is 315 g/mol. The molecule has 1 aliphatic rings. The first kappa shape index (κ1) is 15.2. The molecule has 0 amide bonds. The lowest BCUT2D eigenvalue weighted by Crippen LogP contribution is -2.56. The lowest BCUT2D eigenvalue weighted by Gasteiger charge is -2.36. The zero-order valence-corrected chi connectivity index (χ0v) is 12.8. The van der Waals surface area contributed by atoms with E-state index in [0.717, 1.165) is 11.0 Å². The number of sulfonamides is 1. The number of sulfone groups is 1. The quantitative estimate of drug-likeness (QED) is 0.816. The third kappa shape index (κ3) is 3.28. The zero-order chi connectivity index (χ0) is 14.8. The standard InChI is InChI=1S/C13H17NO4S2/c1-2-19(15,16)13-10-14(11-13)20(17,18)9-8-12-6-4-3-5-7-12/h3-9,13H,2,10-11H2,1H3/b9-8+. The van der Waals surface area contributed by atoms with Crippen molar-refractivity contribution in [3.05, 3.63) is 41.3 Å². The summed E-state index contributed by atoms with van der Waals surface area (Å²) in [5.74, 6) is 0.0470. The second-order valence-electron chi connectivity index (χ2n) is 4.65. The number of hydrogen-bond donors (Lipinski definition) is 0. The van der Waals surface area contributed by atoms with Crippen LogP contribution >= 0.6 is 0 Å². The molecule has 0 bridgehead atoms. The number of benzene rings is 1. The number of rotatable bonds is 5. The van der Waals surface area contributed by atoms with E-state index >= 15 is 0 Å². The van der Waals surface area contributed by atoms with E-state index in [1.165, 1.54) is 10.4 Å². The molecular weight excluding hydrogens is 298 g/mol.